The third-order valence-electron chi connectivity index (χ3n) is 2.80. The number of methoxy groups -OCH3 is 1. The molecule has 0 aliphatic heterocycles. The third-order valence-corrected chi connectivity index (χ3v) is 4.09. The Morgan fingerprint density at radius 2 is 2.00 bits per heavy atom. The Morgan fingerprint density at radius 3 is 2.64 bits per heavy atom. The van der Waals surface area contributed by atoms with Gasteiger partial charge in [-0.25, -0.2) is 9.59 Å². The number of carbonyl (C=O) groups is 2. The quantitative estimate of drug-likeness (QED) is 0.647. The average Bonchev–Trinajstić information content (AvgIpc) is 2.96. The molecule has 0 atom stereocenters. The van der Waals surface area contributed by atoms with Gasteiger partial charge >= 0.3 is 12.0 Å². The average molecular weight is 339 g/mol. The lowest BCUT2D eigenvalue weighted by Crippen LogP contribution is -2.30. The molecular weight excluding hydrogens is 324 g/mol. The number of urea groups is 1. The smallest absolute Gasteiger partial charge is 0.340 e. The molecule has 0 aliphatic rings. The molecule has 0 saturated carbocycles. The van der Waals surface area contributed by atoms with E-state index in [4.69, 9.17) is 16.3 Å². The van der Waals surface area contributed by atoms with E-state index in [1.54, 1.807) is 6.07 Å². The van der Waals surface area contributed by atoms with E-state index >= 15 is 0 Å². The van der Waals surface area contributed by atoms with Crippen molar-refractivity contribution in [1.82, 2.24) is 5.32 Å². The number of anilines is 1. The molecule has 0 spiro atoms. The van der Waals surface area contributed by atoms with Crippen LogP contribution in [0.25, 0.3) is 10.4 Å². The van der Waals surface area contributed by atoms with E-state index < -0.39 is 12.0 Å². The highest BCUT2D eigenvalue weighted by atomic mass is 35.5. The second-order valence-corrected chi connectivity index (χ2v) is 5.71. The van der Waals surface area contributed by atoms with Crippen molar-refractivity contribution >= 4 is 39.9 Å². The zero-order chi connectivity index (χ0) is 15.9. The molecule has 5 nitrogen and oxygen atoms in total. The van der Waals surface area contributed by atoms with Gasteiger partial charge in [-0.3, -0.25) is 5.32 Å². The molecule has 0 bridgehead atoms. The summed E-state index contributed by atoms with van der Waals surface area (Å²) in [5, 5.41) is 5.69. The van der Waals surface area contributed by atoms with E-state index in [0.717, 1.165) is 10.4 Å². The lowest BCUT2D eigenvalue weighted by Gasteiger charge is -2.05. The number of halogens is 1. The van der Waals surface area contributed by atoms with Gasteiger partial charge in [0.15, 0.2) is 0 Å². The predicted molar refractivity (Wildman–Crippen MR) is 88.8 cm³/mol. The van der Waals surface area contributed by atoms with Crippen molar-refractivity contribution in [3.8, 4) is 10.4 Å². The van der Waals surface area contributed by atoms with Gasteiger partial charge in [-0.2, -0.15) is 0 Å². The first-order valence-corrected chi connectivity index (χ1v) is 7.89. The van der Waals surface area contributed by atoms with E-state index in [9.17, 15) is 9.59 Å². The number of ether oxygens (including phenoxy) is 1. The lowest BCUT2D eigenvalue weighted by molar-refractivity contribution is 0.0602. The third kappa shape index (κ3) is 3.99. The van der Waals surface area contributed by atoms with Gasteiger partial charge in [-0.15, -0.1) is 22.9 Å². The van der Waals surface area contributed by atoms with E-state index in [1.807, 2.05) is 30.3 Å². The summed E-state index contributed by atoms with van der Waals surface area (Å²) < 4.78 is 4.76. The molecular formula is C15H15ClN2O3S. The minimum absolute atomic E-state index is 0.316. The summed E-state index contributed by atoms with van der Waals surface area (Å²) in [6, 6.07) is 10.9. The molecule has 0 saturated heterocycles. The van der Waals surface area contributed by atoms with Crippen LogP contribution >= 0.6 is 22.9 Å². The van der Waals surface area contributed by atoms with Gasteiger partial charge in [0.2, 0.25) is 0 Å². The molecule has 22 heavy (non-hydrogen) atoms. The van der Waals surface area contributed by atoms with Gasteiger partial charge in [0, 0.05) is 17.3 Å². The number of alkyl halides is 1. The molecule has 0 radical (unpaired) electrons. The van der Waals surface area contributed by atoms with E-state index in [1.165, 1.54) is 18.4 Å². The van der Waals surface area contributed by atoms with Gasteiger partial charge in [0.05, 0.1) is 12.7 Å². The van der Waals surface area contributed by atoms with Crippen LogP contribution in [-0.2, 0) is 4.74 Å². The minimum Gasteiger partial charge on any atom is -0.465 e. The Kier molecular flexibility index (Phi) is 5.80. The molecule has 1 heterocycles. The SMILES string of the molecule is COC(=O)c1cc(-c2ccccc2)sc1NC(=O)NCCCl. The van der Waals surface area contributed by atoms with Crippen LogP contribution in [0.2, 0.25) is 0 Å². The van der Waals surface area contributed by atoms with Crippen LogP contribution in [0.4, 0.5) is 9.80 Å². The van der Waals surface area contributed by atoms with Crippen LogP contribution < -0.4 is 10.6 Å². The molecule has 2 amide bonds. The number of amides is 2. The van der Waals surface area contributed by atoms with Crippen molar-refractivity contribution in [2.75, 3.05) is 24.9 Å². The van der Waals surface area contributed by atoms with Crippen LogP contribution in [0.3, 0.4) is 0 Å². The van der Waals surface area contributed by atoms with Gasteiger partial charge in [-0.05, 0) is 11.6 Å². The van der Waals surface area contributed by atoms with Crippen LogP contribution in [0.5, 0.6) is 0 Å². The predicted octanol–water partition coefficient (Wildman–Crippen LogP) is 3.56. The molecule has 2 rings (SSSR count). The topological polar surface area (TPSA) is 67.4 Å². The van der Waals surface area contributed by atoms with Gasteiger partial charge in [0.1, 0.15) is 5.00 Å². The molecule has 1 aromatic heterocycles. The second-order valence-electron chi connectivity index (χ2n) is 4.28. The molecule has 0 aliphatic carbocycles. The summed E-state index contributed by atoms with van der Waals surface area (Å²) >= 11 is 6.84. The number of benzene rings is 1. The molecule has 116 valence electrons. The zero-order valence-corrected chi connectivity index (χ0v) is 13.5. The summed E-state index contributed by atoms with van der Waals surface area (Å²) in [4.78, 5) is 24.5. The minimum atomic E-state index is -0.494. The number of esters is 1. The van der Waals surface area contributed by atoms with E-state index in [0.29, 0.717) is 23.0 Å². The largest absolute Gasteiger partial charge is 0.465 e. The van der Waals surface area contributed by atoms with Crippen LogP contribution in [0.15, 0.2) is 36.4 Å². The number of hydrogen-bond donors (Lipinski definition) is 2. The van der Waals surface area contributed by atoms with Crippen molar-refractivity contribution in [2.45, 2.75) is 0 Å². The molecule has 0 unspecified atom stereocenters. The highest BCUT2D eigenvalue weighted by Gasteiger charge is 2.19. The fourth-order valence-corrected chi connectivity index (χ4v) is 2.94. The number of hydrogen-bond acceptors (Lipinski definition) is 4. The number of rotatable bonds is 5. The summed E-state index contributed by atoms with van der Waals surface area (Å²) in [6.45, 7) is 0.345. The molecule has 0 fully saturated rings. The maximum absolute atomic E-state index is 11.9. The van der Waals surface area contributed by atoms with Crippen LogP contribution in [0.1, 0.15) is 10.4 Å². The lowest BCUT2D eigenvalue weighted by atomic mass is 10.1. The fraction of sp³-hybridized carbons (Fsp3) is 0.200. The van der Waals surface area contributed by atoms with Crippen molar-refractivity contribution < 1.29 is 14.3 Å². The van der Waals surface area contributed by atoms with Crippen molar-refractivity contribution in [2.24, 2.45) is 0 Å². The summed E-state index contributed by atoms with van der Waals surface area (Å²) in [5.74, 6) is -0.178. The maximum atomic E-state index is 11.9. The van der Waals surface area contributed by atoms with Crippen LogP contribution in [0, 0.1) is 0 Å². The Labute approximate surface area is 137 Å². The van der Waals surface area contributed by atoms with E-state index in [2.05, 4.69) is 10.6 Å². The Balaban J connectivity index is 2.29. The number of thiophene rings is 1. The highest BCUT2D eigenvalue weighted by molar-refractivity contribution is 7.20. The standard InChI is InChI=1S/C15H15ClN2O3S/c1-21-14(19)11-9-12(10-5-3-2-4-6-10)22-13(11)18-15(20)17-8-7-16/h2-6,9H,7-8H2,1H3,(H2,17,18,20). The van der Waals surface area contributed by atoms with Crippen molar-refractivity contribution in [3.05, 3.63) is 42.0 Å². The Hall–Kier alpha value is -2.05. The Morgan fingerprint density at radius 1 is 1.27 bits per heavy atom. The first-order valence-electron chi connectivity index (χ1n) is 6.54. The molecule has 7 heteroatoms. The van der Waals surface area contributed by atoms with Crippen LogP contribution in [-0.4, -0.2) is 31.5 Å². The van der Waals surface area contributed by atoms with Crippen molar-refractivity contribution in [1.29, 1.82) is 0 Å². The monoisotopic (exact) mass is 338 g/mol. The van der Waals surface area contributed by atoms with Gasteiger partial charge in [0.25, 0.3) is 0 Å². The van der Waals surface area contributed by atoms with Gasteiger partial charge in [-0.1, -0.05) is 30.3 Å². The summed E-state index contributed by atoms with van der Waals surface area (Å²) in [6.07, 6.45) is 0. The number of carbonyl (C=O) groups excluding carboxylic acids is 2. The van der Waals surface area contributed by atoms with Crippen molar-refractivity contribution in [3.63, 3.8) is 0 Å². The Bertz CT molecular complexity index is 658. The highest BCUT2D eigenvalue weighted by Crippen LogP contribution is 2.35. The maximum Gasteiger partial charge on any atom is 0.340 e. The second kappa shape index (κ2) is 7.82. The first kappa shape index (κ1) is 16.3. The fourth-order valence-electron chi connectivity index (χ4n) is 1.80. The first-order chi connectivity index (χ1) is 10.7. The summed E-state index contributed by atoms with van der Waals surface area (Å²) in [5.41, 5.74) is 1.29. The molecule has 2 aromatic rings. The van der Waals surface area contributed by atoms with E-state index in [-0.39, 0.29) is 0 Å². The normalized spacial score (nSPS) is 10.1. The summed E-state index contributed by atoms with van der Waals surface area (Å²) in [7, 11) is 1.31. The molecule has 1 aromatic carbocycles. The number of nitrogens with one attached hydrogen (secondary N) is 2. The molecule has 2 N–H and O–H groups in total. The van der Waals surface area contributed by atoms with Gasteiger partial charge < -0.3 is 10.1 Å². The zero-order valence-electron chi connectivity index (χ0n) is 11.9.